The molecule has 1 N–H and O–H groups in total. The topological polar surface area (TPSA) is 46.9 Å². The Hall–Kier alpha value is -1.96. The minimum atomic E-state index is 0.0212. The summed E-state index contributed by atoms with van der Waals surface area (Å²) in [6.07, 6.45) is 1.88. The molecule has 0 radical (unpaired) electrons. The van der Waals surface area contributed by atoms with Gasteiger partial charge in [-0.1, -0.05) is 71.6 Å². The third-order valence-corrected chi connectivity index (χ3v) is 6.34. The molecule has 1 atom stereocenters. The Kier molecular flexibility index (Phi) is 7.20. The molecule has 140 valence electrons. The molecule has 0 saturated carbocycles. The summed E-state index contributed by atoms with van der Waals surface area (Å²) in [5.74, 6) is 0.361. The van der Waals surface area contributed by atoms with E-state index in [0.717, 1.165) is 22.9 Å². The lowest BCUT2D eigenvalue weighted by Crippen LogP contribution is -2.34. The van der Waals surface area contributed by atoms with Gasteiger partial charge in [0.1, 0.15) is 0 Å². The summed E-state index contributed by atoms with van der Waals surface area (Å²) in [5, 5.41) is 7.58. The maximum absolute atomic E-state index is 12.2. The number of aromatic nitrogens is 2. The van der Waals surface area contributed by atoms with Crippen molar-refractivity contribution in [2.45, 2.75) is 30.1 Å². The standard InChI is InChI=1S/C20H21N3OS3/c1-15(12-13-16-8-4-2-5-9-16)21-18(24)14-26-19-22-23(20(25)27-19)17-10-6-3-7-11-17/h2-11,15H,12-14H2,1H3,(H,21,24). The monoisotopic (exact) mass is 415 g/mol. The highest BCUT2D eigenvalue weighted by Gasteiger charge is 2.11. The Morgan fingerprint density at radius 2 is 1.85 bits per heavy atom. The number of hydrogen-bond donors (Lipinski definition) is 1. The number of para-hydroxylation sites is 1. The smallest absolute Gasteiger partial charge is 0.230 e. The van der Waals surface area contributed by atoms with Gasteiger partial charge in [-0.15, -0.1) is 5.10 Å². The highest BCUT2D eigenvalue weighted by molar-refractivity contribution is 8.01. The van der Waals surface area contributed by atoms with Gasteiger partial charge in [0.05, 0.1) is 11.4 Å². The number of nitrogens with one attached hydrogen (secondary N) is 1. The van der Waals surface area contributed by atoms with Crippen molar-refractivity contribution >= 4 is 41.2 Å². The molecule has 1 heterocycles. The first kappa shape index (κ1) is 19.8. The highest BCUT2D eigenvalue weighted by atomic mass is 32.2. The van der Waals surface area contributed by atoms with Crippen LogP contribution in [0.15, 0.2) is 65.0 Å². The number of carbonyl (C=O) groups excluding carboxylic acids is 1. The van der Waals surface area contributed by atoms with E-state index >= 15 is 0 Å². The zero-order valence-electron chi connectivity index (χ0n) is 15.0. The number of nitrogens with zero attached hydrogens (tertiary/aromatic N) is 2. The van der Waals surface area contributed by atoms with Crippen molar-refractivity contribution in [3.05, 3.63) is 70.2 Å². The van der Waals surface area contributed by atoms with Gasteiger partial charge in [-0.25, -0.2) is 4.68 Å². The number of thioether (sulfide) groups is 1. The number of hydrogen-bond acceptors (Lipinski definition) is 5. The average Bonchev–Trinajstić information content (AvgIpc) is 3.07. The van der Waals surface area contributed by atoms with Gasteiger partial charge >= 0.3 is 0 Å². The van der Waals surface area contributed by atoms with Crippen LogP contribution in [0.2, 0.25) is 0 Å². The Morgan fingerprint density at radius 3 is 2.56 bits per heavy atom. The van der Waals surface area contributed by atoms with Crippen molar-refractivity contribution in [1.82, 2.24) is 15.1 Å². The Labute approximate surface area is 172 Å². The van der Waals surface area contributed by atoms with Crippen LogP contribution in [-0.4, -0.2) is 27.5 Å². The molecule has 0 saturated heterocycles. The van der Waals surface area contributed by atoms with E-state index in [1.807, 2.05) is 55.5 Å². The number of rotatable bonds is 8. The van der Waals surface area contributed by atoms with Crippen molar-refractivity contribution in [3.63, 3.8) is 0 Å². The maximum atomic E-state index is 12.2. The molecule has 1 amide bonds. The van der Waals surface area contributed by atoms with Crippen LogP contribution in [-0.2, 0) is 11.2 Å². The van der Waals surface area contributed by atoms with Crippen molar-refractivity contribution in [2.75, 3.05) is 5.75 Å². The molecule has 7 heteroatoms. The number of aryl methyl sites for hydroxylation is 1. The van der Waals surface area contributed by atoms with Gasteiger partial charge in [0.15, 0.2) is 8.29 Å². The fourth-order valence-electron chi connectivity index (χ4n) is 2.60. The van der Waals surface area contributed by atoms with E-state index in [1.54, 1.807) is 4.68 Å². The van der Waals surface area contributed by atoms with E-state index in [2.05, 4.69) is 22.5 Å². The summed E-state index contributed by atoms with van der Waals surface area (Å²) in [6.45, 7) is 2.04. The first-order chi connectivity index (χ1) is 13.1. The minimum absolute atomic E-state index is 0.0212. The van der Waals surface area contributed by atoms with Gasteiger partial charge in [0.25, 0.3) is 0 Å². The molecule has 3 rings (SSSR count). The summed E-state index contributed by atoms with van der Waals surface area (Å²) in [5.41, 5.74) is 2.23. The molecule has 27 heavy (non-hydrogen) atoms. The summed E-state index contributed by atoms with van der Waals surface area (Å²) >= 11 is 8.24. The third-order valence-electron chi connectivity index (χ3n) is 3.97. The zero-order chi connectivity index (χ0) is 19.1. The predicted octanol–water partition coefficient (Wildman–Crippen LogP) is 4.89. The second-order valence-corrected chi connectivity index (χ2v) is 9.01. The van der Waals surface area contributed by atoms with E-state index in [0.29, 0.717) is 9.71 Å². The van der Waals surface area contributed by atoms with Gasteiger partial charge in [0.2, 0.25) is 5.91 Å². The molecular weight excluding hydrogens is 394 g/mol. The summed E-state index contributed by atoms with van der Waals surface area (Å²) in [7, 11) is 0. The van der Waals surface area contributed by atoms with Crippen molar-refractivity contribution in [2.24, 2.45) is 0 Å². The van der Waals surface area contributed by atoms with Crippen LogP contribution < -0.4 is 5.32 Å². The Balaban J connectivity index is 1.47. The van der Waals surface area contributed by atoms with Crippen LogP contribution in [0, 0.1) is 3.95 Å². The lowest BCUT2D eigenvalue weighted by molar-refractivity contribution is -0.119. The first-order valence-corrected chi connectivity index (χ1v) is 10.9. The quantitative estimate of drug-likeness (QED) is 0.420. The van der Waals surface area contributed by atoms with Crippen LogP contribution in [0.5, 0.6) is 0 Å². The molecule has 3 aromatic rings. The van der Waals surface area contributed by atoms with E-state index < -0.39 is 0 Å². The molecule has 2 aromatic carbocycles. The van der Waals surface area contributed by atoms with Crippen LogP contribution in [0.4, 0.5) is 0 Å². The first-order valence-electron chi connectivity index (χ1n) is 8.73. The molecule has 0 spiro atoms. The molecule has 0 aliphatic heterocycles. The van der Waals surface area contributed by atoms with Crippen LogP contribution in [0.25, 0.3) is 5.69 Å². The van der Waals surface area contributed by atoms with Gasteiger partial charge in [-0.05, 0) is 49.7 Å². The van der Waals surface area contributed by atoms with Gasteiger partial charge < -0.3 is 5.32 Å². The summed E-state index contributed by atoms with van der Waals surface area (Å²) in [4.78, 5) is 12.2. The second-order valence-electron chi connectivity index (χ2n) is 6.16. The Morgan fingerprint density at radius 1 is 1.19 bits per heavy atom. The lowest BCUT2D eigenvalue weighted by Gasteiger charge is -2.13. The molecule has 0 aliphatic carbocycles. The van der Waals surface area contributed by atoms with E-state index in [-0.39, 0.29) is 11.9 Å². The van der Waals surface area contributed by atoms with E-state index in [4.69, 9.17) is 12.2 Å². The molecule has 4 nitrogen and oxygen atoms in total. The zero-order valence-corrected chi connectivity index (χ0v) is 17.4. The fourth-order valence-corrected chi connectivity index (χ4v) is 4.77. The third kappa shape index (κ3) is 6.02. The minimum Gasteiger partial charge on any atom is -0.353 e. The fraction of sp³-hybridized carbons (Fsp3) is 0.250. The average molecular weight is 416 g/mol. The van der Waals surface area contributed by atoms with E-state index in [9.17, 15) is 4.79 Å². The second kappa shape index (κ2) is 9.82. The SMILES string of the molecule is CC(CCc1ccccc1)NC(=O)CSc1nn(-c2ccccc2)c(=S)s1. The molecule has 0 fully saturated rings. The number of amides is 1. The largest absolute Gasteiger partial charge is 0.353 e. The molecular formula is C20H21N3OS3. The van der Waals surface area contributed by atoms with Crippen molar-refractivity contribution < 1.29 is 4.79 Å². The lowest BCUT2D eigenvalue weighted by atomic mass is 10.1. The maximum Gasteiger partial charge on any atom is 0.230 e. The number of benzene rings is 2. The van der Waals surface area contributed by atoms with Crippen LogP contribution in [0.3, 0.4) is 0 Å². The highest BCUT2D eigenvalue weighted by Crippen LogP contribution is 2.23. The molecule has 1 unspecified atom stereocenters. The normalized spacial score (nSPS) is 11.9. The molecule has 0 aliphatic rings. The van der Waals surface area contributed by atoms with Crippen molar-refractivity contribution in [3.8, 4) is 5.69 Å². The van der Waals surface area contributed by atoms with Gasteiger partial charge in [-0.3, -0.25) is 4.79 Å². The van der Waals surface area contributed by atoms with E-state index in [1.165, 1.54) is 28.7 Å². The Bertz CT molecular complexity index is 922. The van der Waals surface area contributed by atoms with Gasteiger partial charge in [0, 0.05) is 6.04 Å². The molecule has 0 bridgehead atoms. The van der Waals surface area contributed by atoms with Gasteiger partial charge in [-0.2, -0.15) is 0 Å². The summed E-state index contributed by atoms with van der Waals surface area (Å²) in [6, 6.07) is 20.2. The number of carbonyl (C=O) groups is 1. The predicted molar refractivity (Wildman–Crippen MR) is 115 cm³/mol. The van der Waals surface area contributed by atoms with Crippen molar-refractivity contribution in [1.29, 1.82) is 0 Å². The molecule has 1 aromatic heterocycles. The summed E-state index contributed by atoms with van der Waals surface area (Å²) < 4.78 is 3.22. The van der Waals surface area contributed by atoms with Crippen LogP contribution in [0.1, 0.15) is 18.9 Å². The van der Waals surface area contributed by atoms with Crippen LogP contribution >= 0.6 is 35.3 Å².